The number of methoxy groups -OCH3 is 1. The minimum Gasteiger partial charge on any atom is -0.496 e. The van der Waals surface area contributed by atoms with Crippen LogP contribution in [0.2, 0.25) is 0 Å². The van der Waals surface area contributed by atoms with E-state index >= 15 is 0 Å². The molecule has 0 spiro atoms. The quantitative estimate of drug-likeness (QED) is 0.705. The molecule has 3 nitrogen and oxygen atoms in total. The van der Waals surface area contributed by atoms with Crippen molar-refractivity contribution in [2.75, 3.05) is 26.9 Å². The van der Waals surface area contributed by atoms with Crippen molar-refractivity contribution in [2.24, 2.45) is 5.92 Å². The Morgan fingerprint density at radius 2 is 2.00 bits per heavy atom. The van der Waals surface area contributed by atoms with E-state index in [0.29, 0.717) is 17.9 Å². The molecule has 1 aromatic carbocycles. The van der Waals surface area contributed by atoms with Crippen LogP contribution in [0.4, 0.5) is 0 Å². The minimum atomic E-state index is 0.631. The third-order valence-corrected chi connectivity index (χ3v) is 4.07. The summed E-state index contributed by atoms with van der Waals surface area (Å²) in [4.78, 5) is 0. The molecular formula is C18H29NO2. The van der Waals surface area contributed by atoms with Gasteiger partial charge in [-0.25, -0.2) is 0 Å². The predicted octanol–water partition coefficient (Wildman–Crippen LogP) is 3.59. The van der Waals surface area contributed by atoms with Crippen molar-refractivity contribution in [3.63, 3.8) is 0 Å². The van der Waals surface area contributed by atoms with Crippen LogP contribution in [-0.4, -0.2) is 32.9 Å². The number of rotatable bonds is 9. The van der Waals surface area contributed by atoms with Crippen LogP contribution in [0.5, 0.6) is 5.75 Å². The summed E-state index contributed by atoms with van der Waals surface area (Å²) in [6.07, 6.45) is 3.53. The maximum absolute atomic E-state index is 5.59. The van der Waals surface area contributed by atoms with Crippen LogP contribution in [-0.2, 0) is 4.74 Å². The van der Waals surface area contributed by atoms with E-state index in [1.165, 1.54) is 18.4 Å². The van der Waals surface area contributed by atoms with Crippen LogP contribution in [0, 0.1) is 5.92 Å². The highest BCUT2D eigenvalue weighted by Crippen LogP contribution is 2.40. The number of ether oxygens (including phenoxy) is 2. The molecule has 0 saturated heterocycles. The van der Waals surface area contributed by atoms with Crippen LogP contribution in [0.25, 0.3) is 0 Å². The highest BCUT2D eigenvalue weighted by molar-refractivity contribution is 5.37. The second-order valence-electron chi connectivity index (χ2n) is 6.38. The van der Waals surface area contributed by atoms with Crippen molar-refractivity contribution in [1.82, 2.24) is 5.32 Å². The second-order valence-corrected chi connectivity index (χ2v) is 6.38. The third-order valence-electron chi connectivity index (χ3n) is 4.07. The summed E-state index contributed by atoms with van der Waals surface area (Å²) in [5.41, 5.74) is 1.36. The summed E-state index contributed by atoms with van der Waals surface area (Å²) in [7, 11) is 1.75. The summed E-state index contributed by atoms with van der Waals surface area (Å²) in [5.74, 6) is 2.31. The molecule has 0 aliphatic heterocycles. The first kappa shape index (κ1) is 16.3. The Balaban J connectivity index is 1.59. The second kappa shape index (κ2) is 8.40. The molecule has 1 aromatic rings. The maximum atomic E-state index is 5.59. The lowest BCUT2D eigenvalue weighted by Gasteiger charge is -2.37. The molecule has 1 aliphatic carbocycles. The summed E-state index contributed by atoms with van der Waals surface area (Å²) < 4.78 is 11.0. The maximum Gasteiger partial charge on any atom is 0.122 e. The average Bonchev–Trinajstić information content (AvgIpc) is 2.44. The van der Waals surface area contributed by atoms with Crippen molar-refractivity contribution < 1.29 is 9.47 Å². The largest absolute Gasteiger partial charge is 0.496 e. The number of hydrogen-bond donors (Lipinski definition) is 1. The van der Waals surface area contributed by atoms with Gasteiger partial charge in [-0.1, -0.05) is 32.0 Å². The number of para-hydroxylation sites is 1. The first-order valence-electron chi connectivity index (χ1n) is 8.14. The van der Waals surface area contributed by atoms with Crippen molar-refractivity contribution in [1.29, 1.82) is 0 Å². The first-order valence-corrected chi connectivity index (χ1v) is 8.14. The van der Waals surface area contributed by atoms with Gasteiger partial charge in [-0.05, 0) is 49.3 Å². The molecule has 0 bridgehead atoms. The fraction of sp³-hybridized carbons (Fsp3) is 0.667. The SMILES string of the molecule is COc1ccccc1C1CC(NCCCOCC(C)C)C1. The standard InChI is InChI=1S/C18H29NO2/c1-14(2)13-21-10-6-9-19-16-11-15(12-16)17-7-4-5-8-18(17)20-3/h4-5,7-8,14-16,19H,6,9-13H2,1-3H3. The monoisotopic (exact) mass is 291 g/mol. The molecular weight excluding hydrogens is 262 g/mol. The lowest BCUT2D eigenvalue weighted by molar-refractivity contribution is 0.106. The molecule has 1 fully saturated rings. The van der Waals surface area contributed by atoms with Crippen molar-refractivity contribution in [2.45, 2.75) is 45.1 Å². The fourth-order valence-corrected chi connectivity index (χ4v) is 2.84. The lowest BCUT2D eigenvalue weighted by Crippen LogP contribution is -2.40. The Hall–Kier alpha value is -1.06. The topological polar surface area (TPSA) is 30.5 Å². The van der Waals surface area contributed by atoms with E-state index in [0.717, 1.165) is 31.9 Å². The Kier molecular flexibility index (Phi) is 6.52. The third kappa shape index (κ3) is 5.01. The van der Waals surface area contributed by atoms with Crippen LogP contribution < -0.4 is 10.1 Å². The van der Waals surface area contributed by atoms with Gasteiger partial charge in [0.2, 0.25) is 0 Å². The molecule has 2 rings (SSSR count). The van der Waals surface area contributed by atoms with Gasteiger partial charge in [0.05, 0.1) is 7.11 Å². The molecule has 0 unspecified atom stereocenters. The Bertz CT molecular complexity index is 413. The van der Waals surface area contributed by atoms with Gasteiger partial charge in [-0.15, -0.1) is 0 Å². The van der Waals surface area contributed by atoms with Gasteiger partial charge in [-0.2, -0.15) is 0 Å². The number of nitrogens with one attached hydrogen (secondary N) is 1. The smallest absolute Gasteiger partial charge is 0.122 e. The summed E-state index contributed by atoms with van der Waals surface area (Å²) in [5, 5.41) is 3.62. The van der Waals surface area contributed by atoms with Crippen molar-refractivity contribution in [3.05, 3.63) is 29.8 Å². The summed E-state index contributed by atoms with van der Waals surface area (Å²) >= 11 is 0. The molecule has 1 saturated carbocycles. The molecule has 0 heterocycles. The molecule has 1 aliphatic rings. The van der Waals surface area contributed by atoms with E-state index in [-0.39, 0.29) is 0 Å². The predicted molar refractivity (Wildman–Crippen MR) is 87.0 cm³/mol. The van der Waals surface area contributed by atoms with Gasteiger partial charge in [0.1, 0.15) is 5.75 Å². The molecule has 0 aromatic heterocycles. The highest BCUT2D eigenvalue weighted by Gasteiger charge is 2.31. The van der Waals surface area contributed by atoms with Gasteiger partial charge in [0.15, 0.2) is 0 Å². The minimum absolute atomic E-state index is 0.631. The van der Waals surface area contributed by atoms with E-state index < -0.39 is 0 Å². The Morgan fingerprint density at radius 1 is 1.24 bits per heavy atom. The van der Waals surface area contributed by atoms with Gasteiger partial charge in [0.25, 0.3) is 0 Å². The van der Waals surface area contributed by atoms with Crippen LogP contribution in [0.1, 0.15) is 44.6 Å². The van der Waals surface area contributed by atoms with Crippen LogP contribution in [0.3, 0.4) is 0 Å². The first-order chi connectivity index (χ1) is 10.2. The van der Waals surface area contributed by atoms with E-state index in [2.05, 4.69) is 37.4 Å². The van der Waals surface area contributed by atoms with Crippen LogP contribution >= 0.6 is 0 Å². The molecule has 3 heteroatoms. The zero-order valence-electron chi connectivity index (χ0n) is 13.6. The fourth-order valence-electron chi connectivity index (χ4n) is 2.84. The van der Waals surface area contributed by atoms with E-state index in [1.54, 1.807) is 7.11 Å². The van der Waals surface area contributed by atoms with Crippen molar-refractivity contribution >= 4 is 0 Å². The van der Waals surface area contributed by atoms with Gasteiger partial charge < -0.3 is 14.8 Å². The Morgan fingerprint density at radius 3 is 2.71 bits per heavy atom. The zero-order valence-corrected chi connectivity index (χ0v) is 13.6. The van der Waals surface area contributed by atoms with E-state index in [9.17, 15) is 0 Å². The summed E-state index contributed by atoms with van der Waals surface area (Å²) in [6.45, 7) is 7.17. The molecule has 0 radical (unpaired) electrons. The zero-order chi connectivity index (χ0) is 15.1. The molecule has 1 N–H and O–H groups in total. The molecule has 21 heavy (non-hydrogen) atoms. The van der Waals surface area contributed by atoms with Gasteiger partial charge in [0, 0.05) is 19.3 Å². The van der Waals surface area contributed by atoms with Crippen LogP contribution in [0.15, 0.2) is 24.3 Å². The highest BCUT2D eigenvalue weighted by atomic mass is 16.5. The van der Waals surface area contributed by atoms with E-state index in [1.807, 2.05) is 6.07 Å². The van der Waals surface area contributed by atoms with Crippen molar-refractivity contribution in [3.8, 4) is 5.75 Å². The lowest BCUT2D eigenvalue weighted by atomic mass is 9.75. The van der Waals surface area contributed by atoms with E-state index in [4.69, 9.17) is 9.47 Å². The number of benzene rings is 1. The Labute approximate surface area is 129 Å². The average molecular weight is 291 g/mol. The molecule has 0 amide bonds. The van der Waals surface area contributed by atoms with Gasteiger partial charge >= 0.3 is 0 Å². The molecule has 118 valence electrons. The normalized spacial score (nSPS) is 21.3. The number of hydrogen-bond acceptors (Lipinski definition) is 3. The molecule has 0 atom stereocenters. The van der Waals surface area contributed by atoms with Gasteiger partial charge in [-0.3, -0.25) is 0 Å². The summed E-state index contributed by atoms with van der Waals surface area (Å²) in [6, 6.07) is 9.05.